The third kappa shape index (κ3) is 4.74. The maximum atomic E-state index is 14.7. The van der Waals surface area contributed by atoms with E-state index in [4.69, 9.17) is 11.6 Å². The zero-order valence-corrected chi connectivity index (χ0v) is 19.3. The van der Waals surface area contributed by atoms with Crippen LogP contribution in [0, 0.1) is 5.82 Å². The van der Waals surface area contributed by atoms with Gasteiger partial charge in [0.1, 0.15) is 16.9 Å². The van der Waals surface area contributed by atoms with E-state index in [1.165, 1.54) is 6.20 Å². The van der Waals surface area contributed by atoms with Crippen LogP contribution in [-0.2, 0) is 18.1 Å². The van der Waals surface area contributed by atoms with Crippen molar-refractivity contribution >= 4 is 28.6 Å². The summed E-state index contributed by atoms with van der Waals surface area (Å²) in [4.78, 5) is 16.1. The molecule has 0 radical (unpaired) electrons. The highest BCUT2D eigenvalue weighted by molar-refractivity contribution is 6.30. The molecule has 2 aromatic carbocycles. The zero-order chi connectivity index (χ0) is 25.3. The largest absolute Gasteiger partial charge is 0.416 e. The van der Waals surface area contributed by atoms with Gasteiger partial charge in [0.2, 0.25) is 5.95 Å². The topological polar surface area (TPSA) is 66.5 Å². The van der Waals surface area contributed by atoms with E-state index in [0.29, 0.717) is 27.8 Å². The van der Waals surface area contributed by atoms with Crippen molar-refractivity contribution in [3.05, 3.63) is 119 Å². The van der Waals surface area contributed by atoms with Gasteiger partial charge in [0.25, 0.3) is 0 Å². The van der Waals surface area contributed by atoms with Crippen molar-refractivity contribution in [2.75, 3.05) is 5.32 Å². The molecule has 1 atom stereocenters. The van der Waals surface area contributed by atoms with Gasteiger partial charge in [0.15, 0.2) is 0 Å². The molecular weight excluding hydrogens is 494 g/mol. The number of rotatable bonds is 6. The SMILES string of the molecule is Fc1cc(C(F)(F)F)cc(C(Cc2ccccc2)(Nc2nc3cnccc3[nH]2)c2ccc(Cl)cn2)c1. The molecule has 1 unspecified atom stereocenters. The maximum absolute atomic E-state index is 14.7. The Balaban J connectivity index is 1.77. The van der Waals surface area contributed by atoms with Gasteiger partial charge in [0.05, 0.1) is 28.0 Å². The number of aromatic amines is 1. The summed E-state index contributed by atoms with van der Waals surface area (Å²) < 4.78 is 55.9. The molecule has 0 spiro atoms. The predicted molar refractivity (Wildman–Crippen MR) is 129 cm³/mol. The van der Waals surface area contributed by atoms with Crippen molar-refractivity contribution in [1.29, 1.82) is 0 Å². The molecule has 5 nitrogen and oxygen atoms in total. The molecule has 10 heteroatoms. The van der Waals surface area contributed by atoms with Crippen molar-refractivity contribution in [3.63, 3.8) is 0 Å². The van der Waals surface area contributed by atoms with Crippen LogP contribution in [0.3, 0.4) is 0 Å². The van der Waals surface area contributed by atoms with Crippen LogP contribution >= 0.6 is 11.6 Å². The van der Waals surface area contributed by atoms with Crippen LogP contribution in [0.4, 0.5) is 23.5 Å². The quantitative estimate of drug-likeness (QED) is 0.247. The fraction of sp³-hybridized carbons (Fsp3) is 0.115. The number of fused-ring (bicyclic) bond motifs is 1. The molecule has 2 N–H and O–H groups in total. The van der Waals surface area contributed by atoms with Crippen LogP contribution in [0.2, 0.25) is 5.02 Å². The number of imidazole rings is 1. The molecule has 5 rings (SSSR count). The van der Waals surface area contributed by atoms with Gasteiger partial charge in [-0.25, -0.2) is 9.37 Å². The molecule has 182 valence electrons. The second-order valence-electron chi connectivity index (χ2n) is 8.26. The predicted octanol–water partition coefficient (Wildman–Crippen LogP) is 6.76. The number of alkyl halides is 3. The molecular formula is C26H18ClF4N5. The summed E-state index contributed by atoms with van der Waals surface area (Å²) >= 11 is 6.07. The van der Waals surface area contributed by atoms with Crippen LogP contribution in [0.25, 0.3) is 11.0 Å². The third-order valence-corrected chi connectivity index (χ3v) is 6.04. The van der Waals surface area contributed by atoms with E-state index in [-0.39, 0.29) is 17.9 Å². The van der Waals surface area contributed by atoms with E-state index in [2.05, 4.69) is 25.3 Å². The second-order valence-corrected chi connectivity index (χ2v) is 8.70. The Morgan fingerprint density at radius 3 is 2.39 bits per heavy atom. The van der Waals surface area contributed by atoms with E-state index in [9.17, 15) is 17.6 Å². The molecule has 0 fully saturated rings. The number of H-pyrrole nitrogens is 1. The van der Waals surface area contributed by atoms with Gasteiger partial charge >= 0.3 is 6.18 Å². The van der Waals surface area contributed by atoms with Crippen molar-refractivity contribution in [2.24, 2.45) is 0 Å². The van der Waals surface area contributed by atoms with Gasteiger partial charge in [-0.1, -0.05) is 41.9 Å². The lowest BCUT2D eigenvalue weighted by atomic mass is 9.80. The first-order valence-electron chi connectivity index (χ1n) is 10.9. The number of aromatic nitrogens is 4. The summed E-state index contributed by atoms with van der Waals surface area (Å²) in [7, 11) is 0. The Morgan fingerprint density at radius 1 is 0.917 bits per heavy atom. The molecule has 3 heterocycles. The third-order valence-electron chi connectivity index (χ3n) is 5.81. The maximum Gasteiger partial charge on any atom is 0.416 e. The summed E-state index contributed by atoms with van der Waals surface area (Å²) in [5, 5.41) is 3.60. The summed E-state index contributed by atoms with van der Waals surface area (Å²) in [5.74, 6) is -0.773. The molecule has 0 aliphatic rings. The fourth-order valence-corrected chi connectivity index (χ4v) is 4.28. The normalized spacial score (nSPS) is 13.5. The van der Waals surface area contributed by atoms with Crippen molar-refractivity contribution in [1.82, 2.24) is 19.9 Å². The Labute approximate surface area is 208 Å². The first-order valence-corrected chi connectivity index (χ1v) is 11.2. The molecule has 3 aromatic heterocycles. The summed E-state index contributed by atoms with van der Waals surface area (Å²) in [6.45, 7) is 0. The molecule has 0 saturated heterocycles. The number of benzene rings is 2. The van der Waals surface area contributed by atoms with Gasteiger partial charge < -0.3 is 10.3 Å². The number of pyridine rings is 2. The molecule has 36 heavy (non-hydrogen) atoms. The molecule has 0 bridgehead atoms. The first kappa shape index (κ1) is 23.7. The highest BCUT2D eigenvalue weighted by Gasteiger charge is 2.40. The lowest BCUT2D eigenvalue weighted by Crippen LogP contribution is -2.40. The summed E-state index contributed by atoms with van der Waals surface area (Å²) in [6.07, 6.45) is -0.0953. The average molecular weight is 512 g/mol. The number of hydrogen-bond donors (Lipinski definition) is 2. The highest BCUT2D eigenvalue weighted by Crippen LogP contribution is 2.39. The van der Waals surface area contributed by atoms with Crippen molar-refractivity contribution in [3.8, 4) is 0 Å². The standard InChI is InChI=1S/C26H18ClF4N5/c27-19-6-7-23(33-14-19)25(13-16-4-2-1-3-5-16,17-10-18(26(29,30)31)12-20(28)11-17)36-24-34-21-8-9-32-15-22(21)35-24/h1-12,14-15H,13H2,(H2,34,35,36). The minimum atomic E-state index is -4.76. The molecule has 5 aromatic rings. The van der Waals surface area contributed by atoms with Gasteiger partial charge in [-0.15, -0.1) is 0 Å². The van der Waals surface area contributed by atoms with Gasteiger partial charge in [0, 0.05) is 18.8 Å². The van der Waals surface area contributed by atoms with E-state index in [1.807, 2.05) is 30.3 Å². The van der Waals surface area contributed by atoms with Gasteiger partial charge in [-0.05, 0) is 47.5 Å². The summed E-state index contributed by atoms with van der Waals surface area (Å²) in [5.41, 5.74) is -0.236. The van der Waals surface area contributed by atoms with Gasteiger partial charge in [-0.2, -0.15) is 13.2 Å². The van der Waals surface area contributed by atoms with Crippen LogP contribution in [0.15, 0.2) is 85.3 Å². The lowest BCUT2D eigenvalue weighted by molar-refractivity contribution is -0.137. The Bertz CT molecular complexity index is 1470. The fourth-order valence-electron chi connectivity index (χ4n) is 4.17. The van der Waals surface area contributed by atoms with E-state index >= 15 is 0 Å². The Hall–Kier alpha value is -3.98. The molecule has 0 aliphatic carbocycles. The zero-order valence-electron chi connectivity index (χ0n) is 18.5. The number of nitrogens with one attached hydrogen (secondary N) is 2. The van der Waals surface area contributed by atoms with Crippen LogP contribution in [0.5, 0.6) is 0 Å². The number of nitrogens with zero attached hydrogens (tertiary/aromatic N) is 3. The second kappa shape index (κ2) is 9.23. The highest BCUT2D eigenvalue weighted by atomic mass is 35.5. The lowest BCUT2D eigenvalue weighted by Gasteiger charge is -2.35. The average Bonchev–Trinajstić information content (AvgIpc) is 3.26. The Kier molecular flexibility index (Phi) is 6.09. The first-order chi connectivity index (χ1) is 17.2. The van der Waals surface area contributed by atoms with Crippen LogP contribution < -0.4 is 5.32 Å². The number of hydrogen-bond acceptors (Lipinski definition) is 4. The number of anilines is 1. The van der Waals surface area contributed by atoms with Crippen molar-refractivity contribution < 1.29 is 17.6 Å². The minimum absolute atomic E-state index is 0.0204. The molecule has 0 saturated carbocycles. The van der Waals surface area contributed by atoms with E-state index < -0.39 is 23.1 Å². The van der Waals surface area contributed by atoms with Gasteiger partial charge in [-0.3, -0.25) is 9.97 Å². The molecule has 0 aliphatic heterocycles. The Morgan fingerprint density at radius 2 is 1.69 bits per heavy atom. The minimum Gasteiger partial charge on any atom is -0.340 e. The van der Waals surface area contributed by atoms with E-state index in [0.717, 1.165) is 17.7 Å². The van der Waals surface area contributed by atoms with Crippen LogP contribution in [-0.4, -0.2) is 19.9 Å². The number of halogens is 5. The van der Waals surface area contributed by atoms with E-state index in [1.54, 1.807) is 30.6 Å². The smallest absolute Gasteiger partial charge is 0.340 e. The molecule has 0 amide bonds. The van der Waals surface area contributed by atoms with Crippen molar-refractivity contribution in [2.45, 2.75) is 18.1 Å². The van der Waals surface area contributed by atoms with Crippen LogP contribution in [0.1, 0.15) is 22.4 Å². The summed E-state index contributed by atoms with van der Waals surface area (Å²) in [6, 6.07) is 16.5. The monoisotopic (exact) mass is 511 g/mol.